The van der Waals surface area contributed by atoms with E-state index in [1.807, 2.05) is 30.3 Å². The van der Waals surface area contributed by atoms with Gasteiger partial charge in [-0.05, 0) is 42.8 Å². The van der Waals surface area contributed by atoms with E-state index in [4.69, 9.17) is 4.74 Å². The molecular formula is C21H19F2N7O. The van der Waals surface area contributed by atoms with Crippen LogP contribution in [0.5, 0.6) is 5.75 Å². The molecule has 2 aromatic carbocycles. The maximum Gasteiger partial charge on any atom is 0.233 e. The normalized spacial score (nSPS) is 11.7. The number of hydrogen-bond acceptors (Lipinski definition) is 7. The van der Waals surface area contributed by atoms with E-state index in [-0.39, 0.29) is 11.9 Å². The Morgan fingerprint density at radius 1 is 1.00 bits per heavy atom. The fourth-order valence-corrected chi connectivity index (χ4v) is 2.97. The van der Waals surface area contributed by atoms with Gasteiger partial charge in [0.25, 0.3) is 0 Å². The highest BCUT2D eigenvalue weighted by molar-refractivity contribution is 5.65. The van der Waals surface area contributed by atoms with Gasteiger partial charge in [-0.3, -0.25) is 5.10 Å². The van der Waals surface area contributed by atoms with Gasteiger partial charge in [0.1, 0.15) is 23.7 Å². The van der Waals surface area contributed by atoms with Gasteiger partial charge < -0.3 is 15.4 Å². The van der Waals surface area contributed by atoms with Crippen LogP contribution in [0.25, 0.3) is 11.3 Å². The third kappa shape index (κ3) is 4.74. The summed E-state index contributed by atoms with van der Waals surface area (Å²) in [5, 5.41) is 13.1. The summed E-state index contributed by atoms with van der Waals surface area (Å²) in [5.74, 6) is 0.502. The molecule has 0 fully saturated rings. The molecule has 0 aliphatic rings. The predicted molar refractivity (Wildman–Crippen MR) is 112 cm³/mol. The number of nitrogens with zero attached hydrogens (tertiary/aromatic N) is 4. The summed E-state index contributed by atoms with van der Waals surface area (Å²) < 4.78 is 32.3. The first-order chi connectivity index (χ1) is 15.0. The molecule has 0 amide bonds. The molecule has 1 unspecified atom stereocenters. The largest absolute Gasteiger partial charge is 0.497 e. The van der Waals surface area contributed by atoms with Crippen LogP contribution in [0.2, 0.25) is 0 Å². The highest BCUT2D eigenvalue weighted by Gasteiger charge is 2.14. The molecule has 0 aliphatic heterocycles. The fourth-order valence-electron chi connectivity index (χ4n) is 2.97. The Labute approximate surface area is 176 Å². The Kier molecular flexibility index (Phi) is 5.69. The summed E-state index contributed by atoms with van der Waals surface area (Å²) in [6.45, 7) is 1.72. The maximum absolute atomic E-state index is 14.0. The molecule has 0 bridgehead atoms. The molecule has 31 heavy (non-hydrogen) atoms. The SMILES string of the molecule is COc1ccc(-c2cc(Nc3ncnc(NC(C)c4ccc(F)cc4F)n3)n[nH]2)cc1. The van der Waals surface area contributed by atoms with Gasteiger partial charge in [0.05, 0.1) is 18.8 Å². The lowest BCUT2D eigenvalue weighted by Gasteiger charge is -2.15. The third-order valence-electron chi connectivity index (χ3n) is 4.57. The summed E-state index contributed by atoms with van der Waals surface area (Å²) in [6, 6.07) is 12.3. The Morgan fingerprint density at radius 2 is 1.77 bits per heavy atom. The first-order valence-corrected chi connectivity index (χ1v) is 9.39. The van der Waals surface area contributed by atoms with Crippen LogP contribution in [0.3, 0.4) is 0 Å². The fraction of sp³-hybridized carbons (Fsp3) is 0.143. The second-order valence-corrected chi connectivity index (χ2v) is 6.68. The molecule has 0 spiro atoms. The number of halogens is 2. The van der Waals surface area contributed by atoms with E-state index in [0.717, 1.165) is 23.1 Å². The van der Waals surface area contributed by atoms with Crippen LogP contribution >= 0.6 is 0 Å². The van der Waals surface area contributed by atoms with Crippen molar-refractivity contribution < 1.29 is 13.5 Å². The number of H-pyrrole nitrogens is 1. The zero-order valence-corrected chi connectivity index (χ0v) is 16.7. The average Bonchev–Trinajstić information content (AvgIpc) is 3.22. The van der Waals surface area contributed by atoms with Crippen LogP contribution < -0.4 is 15.4 Å². The Morgan fingerprint density at radius 3 is 2.52 bits per heavy atom. The first-order valence-electron chi connectivity index (χ1n) is 9.39. The van der Waals surface area contributed by atoms with Gasteiger partial charge in [-0.1, -0.05) is 6.07 Å². The van der Waals surface area contributed by atoms with Gasteiger partial charge in [0.15, 0.2) is 5.82 Å². The van der Waals surface area contributed by atoms with Crippen molar-refractivity contribution in [3.8, 4) is 17.0 Å². The molecule has 4 rings (SSSR count). The number of benzene rings is 2. The number of anilines is 3. The topological polar surface area (TPSA) is 101 Å². The van der Waals surface area contributed by atoms with Gasteiger partial charge in [-0.15, -0.1) is 0 Å². The highest BCUT2D eigenvalue weighted by atomic mass is 19.1. The van der Waals surface area contributed by atoms with E-state index in [9.17, 15) is 8.78 Å². The van der Waals surface area contributed by atoms with Crippen LogP contribution in [-0.2, 0) is 0 Å². The van der Waals surface area contributed by atoms with E-state index in [2.05, 4.69) is 35.8 Å². The van der Waals surface area contributed by atoms with E-state index in [0.29, 0.717) is 11.4 Å². The number of nitrogens with one attached hydrogen (secondary N) is 3. The molecule has 10 heteroatoms. The third-order valence-corrected chi connectivity index (χ3v) is 4.57. The van der Waals surface area contributed by atoms with Crippen LogP contribution in [0.15, 0.2) is 54.9 Å². The molecule has 1 atom stereocenters. The molecule has 2 aromatic heterocycles. The van der Waals surface area contributed by atoms with Crippen molar-refractivity contribution in [2.24, 2.45) is 0 Å². The molecule has 158 valence electrons. The van der Waals surface area contributed by atoms with E-state index >= 15 is 0 Å². The van der Waals surface area contributed by atoms with Crippen LogP contribution in [0.4, 0.5) is 26.5 Å². The average molecular weight is 423 g/mol. The summed E-state index contributed by atoms with van der Waals surface area (Å²) in [5.41, 5.74) is 2.04. The summed E-state index contributed by atoms with van der Waals surface area (Å²) >= 11 is 0. The van der Waals surface area contributed by atoms with Crippen molar-refractivity contribution in [3.05, 3.63) is 72.1 Å². The Balaban J connectivity index is 1.45. The molecule has 3 N–H and O–H groups in total. The zero-order chi connectivity index (χ0) is 21.8. The number of hydrogen-bond donors (Lipinski definition) is 3. The van der Waals surface area contributed by atoms with Gasteiger partial charge in [-0.2, -0.15) is 10.1 Å². The summed E-state index contributed by atoms with van der Waals surface area (Å²) in [4.78, 5) is 12.4. The minimum atomic E-state index is -0.644. The summed E-state index contributed by atoms with van der Waals surface area (Å²) in [7, 11) is 1.61. The van der Waals surface area contributed by atoms with Gasteiger partial charge in [0, 0.05) is 17.7 Å². The second kappa shape index (κ2) is 8.74. The van der Waals surface area contributed by atoms with E-state index in [1.165, 1.54) is 18.5 Å². The molecule has 0 radical (unpaired) electrons. The molecule has 2 heterocycles. The van der Waals surface area contributed by atoms with E-state index in [1.54, 1.807) is 14.0 Å². The molecule has 4 aromatic rings. The van der Waals surface area contributed by atoms with Crippen molar-refractivity contribution in [1.29, 1.82) is 0 Å². The molecule has 0 saturated carbocycles. The monoisotopic (exact) mass is 423 g/mol. The standard InChI is InChI=1S/C21H19F2N7O/c1-12(16-8-5-14(22)9-17(16)23)26-20-24-11-25-21(28-20)27-19-10-18(29-30-19)13-3-6-15(31-2)7-4-13/h3-12H,1-2H3,(H3,24,25,26,27,28,29,30). The zero-order valence-electron chi connectivity index (χ0n) is 16.7. The van der Waals surface area contributed by atoms with Gasteiger partial charge >= 0.3 is 0 Å². The lowest BCUT2D eigenvalue weighted by Crippen LogP contribution is -2.12. The minimum absolute atomic E-state index is 0.236. The molecule has 8 nitrogen and oxygen atoms in total. The molecule has 0 aliphatic carbocycles. The Hall–Kier alpha value is -4.08. The van der Waals surface area contributed by atoms with Crippen LogP contribution in [0, 0.1) is 11.6 Å². The summed E-state index contributed by atoms with van der Waals surface area (Å²) in [6.07, 6.45) is 1.32. The smallest absolute Gasteiger partial charge is 0.233 e. The second-order valence-electron chi connectivity index (χ2n) is 6.68. The highest BCUT2D eigenvalue weighted by Crippen LogP contribution is 2.24. The van der Waals surface area contributed by atoms with Gasteiger partial charge in [-0.25, -0.2) is 18.7 Å². The molecule has 0 saturated heterocycles. The van der Waals surface area contributed by atoms with Crippen molar-refractivity contribution in [2.45, 2.75) is 13.0 Å². The van der Waals surface area contributed by atoms with Crippen molar-refractivity contribution >= 4 is 17.7 Å². The number of rotatable bonds is 7. The minimum Gasteiger partial charge on any atom is -0.497 e. The van der Waals surface area contributed by atoms with Crippen LogP contribution in [0.1, 0.15) is 18.5 Å². The Bertz CT molecular complexity index is 1180. The lowest BCUT2D eigenvalue weighted by atomic mass is 10.1. The van der Waals surface area contributed by atoms with Crippen molar-refractivity contribution in [3.63, 3.8) is 0 Å². The lowest BCUT2D eigenvalue weighted by molar-refractivity contribution is 0.415. The van der Waals surface area contributed by atoms with Crippen molar-refractivity contribution in [2.75, 3.05) is 17.7 Å². The number of aromatic nitrogens is 5. The number of methoxy groups -OCH3 is 1. The number of ether oxygens (including phenoxy) is 1. The van der Waals surface area contributed by atoms with Crippen molar-refractivity contribution in [1.82, 2.24) is 25.1 Å². The quantitative estimate of drug-likeness (QED) is 0.403. The number of aromatic amines is 1. The van der Waals surface area contributed by atoms with E-state index < -0.39 is 17.7 Å². The first kappa shape index (κ1) is 20.2. The predicted octanol–water partition coefficient (Wildman–Crippen LogP) is 4.47. The van der Waals surface area contributed by atoms with Gasteiger partial charge in [0.2, 0.25) is 11.9 Å². The maximum atomic E-state index is 14.0. The molecular weight excluding hydrogens is 404 g/mol. The van der Waals surface area contributed by atoms with Crippen LogP contribution in [-0.4, -0.2) is 32.3 Å².